The van der Waals surface area contributed by atoms with Crippen LogP contribution in [0.25, 0.3) is 5.69 Å². The number of tetrazole rings is 1. The highest BCUT2D eigenvalue weighted by Gasteiger charge is 2.29. The maximum absolute atomic E-state index is 11.2. The van der Waals surface area contributed by atoms with Gasteiger partial charge < -0.3 is 4.74 Å². The van der Waals surface area contributed by atoms with E-state index in [1.165, 1.54) is 13.4 Å². The van der Waals surface area contributed by atoms with Gasteiger partial charge in [-0.2, -0.15) is 8.42 Å². The molecule has 0 aliphatic carbocycles. The molecule has 1 aromatic carbocycles. The van der Waals surface area contributed by atoms with E-state index >= 15 is 0 Å². The number of nitrogens with zero attached hydrogens (tertiary/aromatic N) is 4. The third-order valence-electron chi connectivity index (χ3n) is 2.37. The maximum Gasteiger partial charge on any atom is 0.301 e. The lowest BCUT2D eigenvalue weighted by Crippen LogP contribution is -2.33. The first-order valence-corrected chi connectivity index (χ1v) is 6.40. The lowest BCUT2D eigenvalue weighted by Gasteiger charge is -2.07. The van der Waals surface area contributed by atoms with E-state index < -0.39 is 25.6 Å². The van der Waals surface area contributed by atoms with Crippen LogP contribution in [0.5, 0.6) is 5.75 Å². The topological polar surface area (TPSA) is 152 Å². The Morgan fingerprint density at radius 2 is 2.20 bits per heavy atom. The Bertz CT molecular complexity index is 756. The first-order chi connectivity index (χ1) is 9.34. The van der Waals surface area contributed by atoms with Crippen LogP contribution in [0.2, 0.25) is 0 Å². The fourth-order valence-electron chi connectivity index (χ4n) is 1.53. The number of benzene rings is 1. The molecular formula is C8H8N5O6S+. The third-order valence-corrected chi connectivity index (χ3v) is 3.25. The van der Waals surface area contributed by atoms with E-state index in [1.807, 2.05) is 0 Å². The van der Waals surface area contributed by atoms with E-state index in [0.29, 0.717) is 0 Å². The second-order valence-electron chi connectivity index (χ2n) is 3.52. The van der Waals surface area contributed by atoms with Crippen LogP contribution < -0.4 is 9.42 Å². The third kappa shape index (κ3) is 2.41. The minimum Gasteiger partial charge on any atom is -0.493 e. The van der Waals surface area contributed by atoms with Crippen LogP contribution in [0.1, 0.15) is 0 Å². The zero-order valence-corrected chi connectivity index (χ0v) is 10.7. The summed E-state index contributed by atoms with van der Waals surface area (Å²) in [6.45, 7) is 0. The van der Waals surface area contributed by atoms with E-state index in [0.717, 1.165) is 16.8 Å². The molecule has 2 rings (SSSR count). The van der Waals surface area contributed by atoms with Crippen molar-refractivity contribution in [2.45, 2.75) is 4.90 Å². The fourth-order valence-corrected chi connectivity index (χ4v) is 2.19. The van der Waals surface area contributed by atoms with Crippen LogP contribution in [-0.2, 0) is 10.1 Å². The van der Waals surface area contributed by atoms with Gasteiger partial charge in [0.25, 0.3) is 12.0 Å². The highest BCUT2D eigenvalue weighted by Crippen LogP contribution is 2.31. The summed E-state index contributed by atoms with van der Waals surface area (Å²) in [5.41, 5.74) is -0.725. The summed E-state index contributed by atoms with van der Waals surface area (Å²) >= 11 is 0. The molecule has 0 bridgehead atoms. The number of methoxy groups -OCH3 is 1. The molecule has 1 heterocycles. The number of hydrogen-bond acceptors (Lipinski definition) is 7. The van der Waals surface area contributed by atoms with Crippen molar-refractivity contribution in [1.82, 2.24) is 15.5 Å². The number of nitro groups is 1. The predicted octanol–water partition coefficient (Wildman–Crippen LogP) is -0.755. The zero-order chi connectivity index (χ0) is 14.9. The van der Waals surface area contributed by atoms with E-state index in [4.69, 9.17) is 9.29 Å². The van der Waals surface area contributed by atoms with Gasteiger partial charge in [0.15, 0.2) is 21.5 Å². The Hall–Kier alpha value is -2.60. The molecule has 0 saturated heterocycles. The Morgan fingerprint density at radius 3 is 2.65 bits per heavy atom. The normalized spacial score (nSPS) is 11.3. The lowest BCUT2D eigenvalue weighted by atomic mass is 10.2. The summed E-state index contributed by atoms with van der Waals surface area (Å²) in [5.74, 6) is 0.000139. The molecule has 1 aromatic heterocycles. The van der Waals surface area contributed by atoms with Crippen LogP contribution in [0.3, 0.4) is 0 Å². The molecule has 0 spiro atoms. The molecule has 2 N–H and O–H groups in total. The van der Waals surface area contributed by atoms with Gasteiger partial charge in [-0.3, -0.25) is 14.7 Å². The first-order valence-electron chi connectivity index (χ1n) is 4.96. The number of hydrogen-bond donors (Lipinski definition) is 2. The summed E-state index contributed by atoms with van der Waals surface area (Å²) in [4.78, 5) is 9.07. The summed E-state index contributed by atoms with van der Waals surface area (Å²) in [7, 11) is -3.53. The number of rotatable bonds is 4. The first kappa shape index (κ1) is 13.8. The molecule has 0 saturated carbocycles. The van der Waals surface area contributed by atoms with Gasteiger partial charge in [-0.05, 0) is 0 Å². The van der Waals surface area contributed by atoms with Gasteiger partial charge in [0.1, 0.15) is 5.10 Å². The maximum atomic E-state index is 11.2. The molecule has 0 unspecified atom stereocenters. The van der Waals surface area contributed by atoms with Gasteiger partial charge in [0.05, 0.1) is 18.1 Å². The molecule has 0 atom stereocenters. The average Bonchev–Trinajstić information content (AvgIpc) is 2.89. The van der Waals surface area contributed by atoms with Crippen LogP contribution in [0, 0.1) is 10.1 Å². The molecule has 12 heteroatoms. The van der Waals surface area contributed by atoms with Crippen LogP contribution in [-0.4, -0.2) is 40.5 Å². The van der Waals surface area contributed by atoms with Gasteiger partial charge in [-0.25, -0.2) is 0 Å². The molecule has 0 aliphatic rings. The van der Waals surface area contributed by atoms with Gasteiger partial charge in [0, 0.05) is 6.07 Å². The summed E-state index contributed by atoms with van der Waals surface area (Å²) < 4.78 is 37.7. The molecular weight excluding hydrogens is 294 g/mol. The van der Waals surface area contributed by atoms with Crippen LogP contribution in [0.4, 0.5) is 5.69 Å². The van der Waals surface area contributed by atoms with Crippen molar-refractivity contribution < 1.29 is 27.3 Å². The van der Waals surface area contributed by atoms with Crippen LogP contribution in [0.15, 0.2) is 23.4 Å². The van der Waals surface area contributed by atoms with Gasteiger partial charge >= 0.3 is 10.1 Å². The SMILES string of the molecule is COc1cc([N+](=O)[O-])c(S(=O)(=O)O)cc1-[n+]1cnn[nH]1. The highest BCUT2D eigenvalue weighted by molar-refractivity contribution is 7.86. The molecule has 2 aromatic rings. The molecule has 20 heavy (non-hydrogen) atoms. The lowest BCUT2D eigenvalue weighted by molar-refractivity contribution is -0.661. The van der Waals surface area contributed by atoms with Gasteiger partial charge in [-0.1, -0.05) is 5.21 Å². The smallest absolute Gasteiger partial charge is 0.301 e. The van der Waals surface area contributed by atoms with Crippen molar-refractivity contribution in [3.63, 3.8) is 0 Å². The minimum atomic E-state index is -4.78. The van der Waals surface area contributed by atoms with Crippen molar-refractivity contribution in [1.29, 1.82) is 0 Å². The number of aromatic amines is 1. The standard InChI is InChI=1S/C8H7N5O6S/c1-19-7-2-6(13(14)15)8(20(16,17)18)3-5(7)12-4-9-10-11-12/h2-4H,1H3,(H,16,17,18)/p+1. The fraction of sp³-hybridized carbons (Fsp3) is 0.125. The molecule has 0 amide bonds. The summed E-state index contributed by atoms with van der Waals surface area (Å²) in [6, 6.07) is 1.76. The van der Waals surface area contributed by atoms with Crippen molar-refractivity contribution >= 4 is 15.8 Å². The molecule has 106 valence electrons. The van der Waals surface area contributed by atoms with Gasteiger partial charge in [-0.15, -0.1) is 4.68 Å². The number of nitro benzene ring substituents is 1. The van der Waals surface area contributed by atoms with E-state index in [1.54, 1.807) is 0 Å². The average molecular weight is 302 g/mol. The molecule has 0 fully saturated rings. The van der Waals surface area contributed by atoms with Crippen molar-refractivity contribution in [3.05, 3.63) is 28.6 Å². The monoisotopic (exact) mass is 302 g/mol. The Morgan fingerprint density at radius 1 is 1.50 bits per heavy atom. The van der Waals surface area contributed by atoms with Gasteiger partial charge in [0.2, 0.25) is 0 Å². The van der Waals surface area contributed by atoms with Crippen LogP contribution >= 0.6 is 0 Å². The Labute approximate surface area is 111 Å². The second-order valence-corrected chi connectivity index (χ2v) is 4.91. The second kappa shape index (κ2) is 4.82. The number of H-pyrrole nitrogens is 1. The van der Waals surface area contributed by atoms with E-state index in [2.05, 4.69) is 15.5 Å². The Balaban J connectivity index is 2.81. The molecule has 0 aliphatic heterocycles. The van der Waals surface area contributed by atoms with Crippen molar-refractivity contribution in [3.8, 4) is 11.4 Å². The van der Waals surface area contributed by atoms with Crippen molar-refractivity contribution in [2.24, 2.45) is 0 Å². The molecule has 0 radical (unpaired) electrons. The number of ether oxygens (including phenoxy) is 1. The minimum absolute atomic E-state index is 0.000139. The largest absolute Gasteiger partial charge is 0.493 e. The summed E-state index contributed by atoms with van der Waals surface area (Å²) in [6.07, 6.45) is 1.19. The number of nitrogens with one attached hydrogen (secondary N) is 1. The number of aromatic nitrogens is 4. The predicted molar refractivity (Wildman–Crippen MR) is 60.9 cm³/mol. The zero-order valence-electron chi connectivity index (χ0n) is 9.92. The Kier molecular flexibility index (Phi) is 3.33. The highest BCUT2D eigenvalue weighted by atomic mass is 32.2. The van der Waals surface area contributed by atoms with E-state index in [-0.39, 0.29) is 11.4 Å². The molecule has 11 nitrogen and oxygen atoms in total. The van der Waals surface area contributed by atoms with Crippen molar-refractivity contribution in [2.75, 3.05) is 7.11 Å². The summed E-state index contributed by atoms with van der Waals surface area (Å²) in [5, 5.41) is 20.1. The van der Waals surface area contributed by atoms with E-state index in [9.17, 15) is 18.5 Å². The quantitative estimate of drug-likeness (QED) is 0.323.